The van der Waals surface area contributed by atoms with Crippen molar-refractivity contribution >= 4 is 5.57 Å². The van der Waals surface area contributed by atoms with Crippen LogP contribution in [0.5, 0.6) is 5.75 Å². The maximum atomic E-state index is 10.1. The Bertz CT molecular complexity index is 595. The zero-order valence-corrected chi connectivity index (χ0v) is 11.1. The summed E-state index contributed by atoms with van der Waals surface area (Å²) in [7, 11) is 0. The third-order valence-electron chi connectivity index (χ3n) is 3.36. The van der Waals surface area contributed by atoms with Crippen molar-refractivity contribution in [3.8, 4) is 5.75 Å². The Morgan fingerprint density at radius 1 is 1.00 bits per heavy atom. The fraction of sp³-hybridized carbons (Fsp3) is 0.176. The van der Waals surface area contributed by atoms with Crippen LogP contribution in [0, 0.1) is 20.8 Å². The SMILES string of the molecule is C=C(c1ccccc1)c1c(C)cc(C)c(O)c1C. The number of aryl methyl sites for hydroxylation is 2. The molecule has 2 aromatic rings. The molecule has 1 heteroatoms. The molecule has 0 aliphatic rings. The van der Waals surface area contributed by atoms with Crippen molar-refractivity contribution in [1.82, 2.24) is 0 Å². The van der Waals surface area contributed by atoms with Gasteiger partial charge in [-0.1, -0.05) is 43.0 Å². The van der Waals surface area contributed by atoms with Gasteiger partial charge in [0.15, 0.2) is 0 Å². The van der Waals surface area contributed by atoms with Gasteiger partial charge < -0.3 is 5.11 Å². The van der Waals surface area contributed by atoms with E-state index in [1.165, 1.54) is 0 Å². The molecule has 0 aliphatic heterocycles. The fourth-order valence-corrected chi connectivity index (χ4v) is 2.42. The van der Waals surface area contributed by atoms with Crippen LogP contribution >= 0.6 is 0 Å². The fourth-order valence-electron chi connectivity index (χ4n) is 2.42. The summed E-state index contributed by atoms with van der Waals surface area (Å²) in [5.41, 5.74) is 6.06. The first-order chi connectivity index (χ1) is 8.52. The molecule has 18 heavy (non-hydrogen) atoms. The molecule has 92 valence electrons. The van der Waals surface area contributed by atoms with Crippen molar-refractivity contribution in [3.63, 3.8) is 0 Å². The minimum absolute atomic E-state index is 0.368. The summed E-state index contributed by atoms with van der Waals surface area (Å²) in [6, 6.07) is 12.1. The van der Waals surface area contributed by atoms with E-state index >= 15 is 0 Å². The zero-order valence-electron chi connectivity index (χ0n) is 11.1. The first kappa shape index (κ1) is 12.4. The van der Waals surface area contributed by atoms with Crippen molar-refractivity contribution < 1.29 is 5.11 Å². The average molecular weight is 238 g/mol. The highest BCUT2D eigenvalue weighted by atomic mass is 16.3. The Hall–Kier alpha value is -2.02. The van der Waals surface area contributed by atoms with E-state index in [4.69, 9.17) is 0 Å². The van der Waals surface area contributed by atoms with Gasteiger partial charge in [0.25, 0.3) is 0 Å². The number of phenols is 1. The van der Waals surface area contributed by atoms with Gasteiger partial charge in [0, 0.05) is 0 Å². The van der Waals surface area contributed by atoms with Crippen LogP contribution in [0.25, 0.3) is 5.57 Å². The molecule has 0 saturated heterocycles. The van der Waals surface area contributed by atoms with Crippen LogP contribution < -0.4 is 0 Å². The highest BCUT2D eigenvalue weighted by Gasteiger charge is 2.13. The Kier molecular flexibility index (Phi) is 3.24. The van der Waals surface area contributed by atoms with Crippen LogP contribution in [0.3, 0.4) is 0 Å². The summed E-state index contributed by atoms with van der Waals surface area (Å²) in [5, 5.41) is 10.1. The molecule has 0 aromatic heterocycles. The molecule has 0 fully saturated rings. The van der Waals surface area contributed by atoms with Gasteiger partial charge in [0.05, 0.1) is 0 Å². The maximum Gasteiger partial charge on any atom is 0.122 e. The Balaban J connectivity index is 2.59. The maximum absolute atomic E-state index is 10.1. The molecule has 0 aliphatic carbocycles. The number of aromatic hydroxyl groups is 1. The number of rotatable bonds is 2. The highest BCUT2D eigenvalue weighted by molar-refractivity contribution is 5.82. The van der Waals surface area contributed by atoms with Crippen molar-refractivity contribution in [2.45, 2.75) is 20.8 Å². The van der Waals surface area contributed by atoms with Crippen molar-refractivity contribution in [1.29, 1.82) is 0 Å². The van der Waals surface area contributed by atoms with E-state index in [1.807, 2.05) is 50.2 Å². The highest BCUT2D eigenvalue weighted by Crippen LogP contribution is 2.34. The summed E-state index contributed by atoms with van der Waals surface area (Å²) in [4.78, 5) is 0. The van der Waals surface area contributed by atoms with Gasteiger partial charge in [0.1, 0.15) is 5.75 Å². The topological polar surface area (TPSA) is 20.2 Å². The second-order valence-electron chi connectivity index (χ2n) is 4.70. The third kappa shape index (κ3) is 2.04. The largest absolute Gasteiger partial charge is 0.507 e. The number of phenolic OH excluding ortho intramolecular Hbond substituents is 1. The van der Waals surface area contributed by atoms with Crippen molar-refractivity contribution in [2.75, 3.05) is 0 Å². The van der Waals surface area contributed by atoms with E-state index < -0.39 is 0 Å². The molecule has 2 rings (SSSR count). The van der Waals surface area contributed by atoms with Crippen molar-refractivity contribution in [3.05, 3.63) is 70.8 Å². The minimum Gasteiger partial charge on any atom is -0.507 e. The second-order valence-corrected chi connectivity index (χ2v) is 4.70. The predicted molar refractivity (Wildman–Crippen MR) is 76.9 cm³/mol. The number of hydrogen-bond donors (Lipinski definition) is 1. The van der Waals surface area contributed by atoms with Crippen LogP contribution in [0.15, 0.2) is 43.0 Å². The van der Waals surface area contributed by atoms with Crippen LogP contribution in [-0.4, -0.2) is 5.11 Å². The van der Waals surface area contributed by atoms with E-state index in [0.29, 0.717) is 5.75 Å². The smallest absolute Gasteiger partial charge is 0.122 e. The van der Waals surface area contributed by atoms with Crippen LogP contribution in [0.2, 0.25) is 0 Å². The van der Waals surface area contributed by atoms with E-state index in [9.17, 15) is 5.11 Å². The quantitative estimate of drug-likeness (QED) is 0.823. The Morgan fingerprint density at radius 3 is 2.22 bits per heavy atom. The second kappa shape index (κ2) is 4.69. The van der Waals surface area contributed by atoms with E-state index in [-0.39, 0.29) is 0 Å². The molecule has 0 bridgehead atoms. The lowest BCUT2D eigenvalue weighted by Gasteiger charge is -2.16. The van der Waals surface area contributed by atoms with Gasteiger partial charge in [-0.15, -0.1) is 0 Å². The van der Waals surface area contributed by atoms with Crippen molar-refractivity contribution in [2.24, 2.45) is 0 Å². The molecule has 0 saturated carbocycles. The van der Waals surface area contributed by atoms with Gasteiger partial charge in [-0.25, -0.2) is 0 Å². The van der Waals surface area contributed by atoms with Gasteiger partial charge in [-0.2, -0.15) is 0 Å². The Labute approximate surface area is 108 Å². The van der Waals surface area contributed by atoms with Gasteiger partial charge >= 0.3 is 0 Å². The predicted octanol–water partition coefficient (Wildman–Crippen LogP) is 4.38. The summed E-state index contributed by atoms with van der Waals surface area (Å²) >= 11 is 0. The summed E-state index contributed by atoms with van der Waals surface area (Å²) in [5.74, 6) is 0.368. The summed E-state index contributed by atoms with van der Waals surface area (Å²) < 4.78 is 0. The van der Waals surface area contributed by atoms with E-state index in [0.717, 1.165) is 33.4 Å². The molecular formula is C17H18O. The van der Waals surface area contributed by atoms with E-state index in [1.54, 1.807) is 0 Å². The molecule has 1 nitrogen and oxygen atoms in total. The Morgan fingerprint density at radius 2 is 1.61 bits per heavy atom. The van der Waals surface area contributed by atoms with Crippen LogP contribution in [0.4, 0.5) is 0 Å². The van der Waals surface area contributed by atoms with Gasteiger partial charge in [-0.05, 0) is 54.2 Å². The monoisotopic (exact) mass is 238 g/mol. The molecular weight excluding hydrogens is 220 g/mol. The normalized spacial score (nSPS) is 10.4. The number of hydrogen-bond acceptors (Lipinski definition) is 1. The molecule has 0 atom stereocenters. The lowest BCUT2D eigenvalue weighted by molar-refractivity contribution is 0.466. The molecule has 0 unspecified atom stereocenters. The zero-order chi connectivity index (χ0) is 13.3. The summed E-state index contributed by atoms with van der Waals surface area (Å²) in [6.07, 6.45) is 0. The van der Waals surface area contributed by atoms with Crippen LogP contribution in [-0.2, 0) is 0 Å². The standard InChI is InChI=1S/C17H18O/c1-11-10-12(2)17(18)14(4)16(11)13(3)15-8-6-5-7-9-15/h5-10,18H,3H2,1-2,4H3. The molecule has 0 heterocycles. The molecule has 1 N–H and O–H groups in total. The molecule has 0 radical (unpaired) electrons. The summed E-state index contributed by atoms with van der Waals surface area (Å²) in [6.45, 7) is 10.1. The molecule has 0 amide bonds. The average Bonchev–Trinajstić information content (AvgIpc) is 2.37. The van der Waals surface area contributed by atoms with Gasteiger partial charge in [0.2, 0.25) is 0 Å². The lowest BCUT2D eigenvalue weighted by atomic mass is 9.90. The van der Waals surface area contributed by atoms with E-state index in [2.05, 4.69) is 13.5 Å². The molecule has 0 spiro atoms. The minimum atomic E-state index is 0.368. The third-order valence-corrected chi connectivity index (χ3v) is 3.36. The first-order valence-corrected chi connectivity index (χ1v) is 6.07. The first-order valence-electron chi connectivity index (χ1n) is 6.07. The van der Waals surface area contributed by atoms with Crippen LogP contribution in [0.1, 0.15) is 27.8 Å². The molecule has 2 aromatic carbocycles. The lowest BCUT2D eigenvalue weighted by Crippen LogP contribution is -1.96. The van der Waals surface area contributed by atoms with Gasteiger partial charge in [-0.3, -0.25) is 0 Å². The number of benzene rings is 2.